The van der Waals surface area contributed by atoms with Gasteiger partial charge in [-0.2, -0.15) is 0 Å². The lowest BCUT2D eigenvalue weighted by Crippen LogP contribution is -2.41. The number of ether oxygens (including phenoxy) is 2. The van der Waals surface area contributed by atoms with Gasteiger partial charge in [-0.3, -0.25) is 4.79 Å². The Bertz CT molecular complexity index is 911. The Labute approximate surface area is 246 Å². The molecule has 0 saturated carbocycles. The lowest BCUT2D eigenvalue weighted by Gasteiger charge is -2.30. The molecular weight excluding hydrogens is 494 g/mol. The average Bonchev–Trinajstić information content (AvgIpc) is 2.93. The maximum absolute atomic E-state index is 12.7. The topological polar surface area (TPSA) is 35.5 Å². The van der Waals surface area contributed by atoms with Crippen LogP contribution in [0.15, 0.2) is 54.6 Å². The number of carbonyl (C=O) groups excluding carboxylic acids is 1. The highest BCUT2D eigenvalue weighted by atomic mass is 16.7. The Morgan fingerprint density at radius 1 is 0.725 bits per heavy atom. The van der Waals surface area contributed by atoms with Crippen LogP contribution in [-0.2, 0) is 22.5 Å². The van der Waals surface area contributed by atoms with Gasteiger partial charge >= 0.3 is 5.97 Å². The summed E-state index contributed by atoms with van der Waals surface area (Å²) in [5.74, 6) is 0.605. The van der Waals surface area contributed by atoms with Gasteiger partial charge in [0, 0.05) is 12.0 Å². The van der Waals surface area contributed by atoms with Crippen molar-refractivity contribution in [1.29, 1.82) is 0 Å². The molecule has 0 aromatic heterocycles. The van der Waals surface area contributed by atoms with E-state index in [2.05, 4.69) is 70.4 Å². The molecule has 2 rings (SSSR count). The standard InChI is InChI=1S/C36H58NO3/c1-5-7-8-9-10-11-12-13-14-15-16-18-23-32-26-21-27-34(30-32)39-36(22-6-2)40-35(38)28-29-37(3,4)31-33-24-19-17-20-25-33/h17,19-21,24-27,30,36H,5-16,18,22-23,28-29,31H2,1-4H3/q+1. The van der Waals surface area contributed by atoms with E-state index in [4.69, 9.17) is 9.47 Å². The van der Waals surface area contributed by atoms with Crippen LogP contribution >= 0.6 is 0 Å². The lowest BCUT2D eigenvalue weighted by atomic mass is 10.0. The smallest absolute Gasteiger partial charge is 0.314 e. The fourth-order valence-electron chi connectivity index (χ4n) is 5.23. The van der Waals surface area contributed by atoms with E-state index in [1.165, 1.54) is 88.2 Å². The van der Waals surface area contributed by atoms with Crippen molar-refractivity contribution in [3.8, 4) is 5.75 Å². The predicted octanol–water partition coefficient (Wildman–Crippen LogP) is 9.65. The molecule has 0 bridgehead atoms. The van der Waals surface area contributed by atoms with Gasteiger partial charge in [-0.25, -0.2) is 0 Å². The Balaban J connectivity index is 1.66. The molecule has 1 unspecified atom stereocenters. The van der Waals surface area contributed by atoms with Gasteiger partial charge in [-0.15, -0.1) is 0 Å². The van der Waals surface area contributed by atoms with E-state index in [1.807, 2.05) is 12.1 Å². The Kier molecular flexibility index (Phi) is 17.4. The highest BCUT2D eigenvalue weighted by Gasteiger charge is 2.21. The third-order valence-electron chi connectivity index (χ3n) is 7.65. The maximum Gasteiger partial charge on any atom is 0.314 e. The van der Waals surface area contributed by atoms with Crippen LogP contribution in [0.1, 0.15) is 121 Å². The SMILES string of the molecule is CCCCCCCCCCCCCCc1cccc(OC(CCC)OC(=O)CC[N+](C)(C)Cc2ccccc2)c1. The van der Waals surface area contributed by atoms with Crippen molar-refractivity contribution in [3.05, 3.63) is 65.7 Å². The first-order valence-corrected chi connectivity index (χ1v) is 16.2. The van der Waals surface area contributed by atoms with E-state index in [9.17, 15) is 4.79 Å². The minimum atomic E-state index is -0.538. The maximum atomic E-state index is 12.7. The number of nitrogens with zero attached hydrogens (tertiary/aromatic N) is 1. The van der Waals surface area contributed by atoms with E-state index in [1.54, 1.807) is 0 Å². The number of rotatable bonds is 23. The number of carbonyl (C=O) groups is 1. The van der Waals surface area contributed by atoms with Crippen LogP contribution in [0.4, 0.5) is 0 Å². The first-order chi connectivity index (χ1) is 19.4. The minimum absolute atomic E-state index is 0.189. The van der Waals surface area contributed by atoms with Gasteiger partial charge in [-0.05, 0) is 37.0 Å². The van der Waals surface area contributed by atoms with Crippen molar-refractivity contribution in [2.24, 2.45) is 0 Å². The molecule has 224 valence electrons. The molecule has 4 heteroatoms. The molecular formula is C36H58NO3+. The number of benzene rings is 2. The zero-order valence-corrected chi connectivity index (χ0v) is 26.2. The molecule has 0 aliphatic rings. The molecule has 0 radical (unpaired) electrons. The van der Waals surface area contributed by atoms with Crippen LogP contribution < -0.4 is 4.74 Å². The predicted molar refractivity (Wildman–Crippen MR) is 168 cm³/mol. The van der Waals surface area contributed by atoms with Crippen molar-refractivity contribution in [2.75, 3.05) is 20.6 Å². The lowest BCUT2D eigenvalue weighted by molar-refractivity contribution is -0.903. The Morgan fingerprint density at radius 2 is 1.32 bits per heavy atom. The van der Waals surface area contributed by atoms with E-state index < -0.39 is 6.29 Å². The van der Waals surface area contributed by atoms with E-state index in [-0.39, 0.29) is 5.97 Å². The summed E-state index contributed by atoms with van der Waals surface area (Å²) < 4.78 is 12.7. The highest BCUT2D eigenvalue weighted by molar-refractivity contribution is 5.69. The van der Waals surface area contributed by atoms with Crippen molar-refractivity contribution < 1.29 is 18.8 Å². The molecule has 0 fully saturated rings. The molecule has 2 aromatic rings. The molecule has 1 atom stereocenters. The third-order valence-corrected chi connectivity index (χ3v) is 7.65. The van der Waals surface area contributed by atoms with Gasteiger partial charge in [0.15, 0.2) is 0 Å². The van der Waals surface area contributed by atoms with Gasteiger partial charge in [0.25, 0.3) is 0 Å². The second-order valence-electron chi connectivity index (χ2n) is 12.2. The van der Waals surface area contributed by atoms with Crippen LogP contribution in [0.2, 0.25) is 0 Å². The van der Waals surface area contributed by atoms with Crippen LogP contribution in [0, 0.1) is 0 Å². The van der Waals surface area contributed by atoms with Gasteiger partial charge in [0.05, 0.1) is 27.1 Å². The van der Waals surface area contributed by atoms with Gasteiger partial charge in [0.1, 0.15) is 12.3 Å². The van der Waals surface area contributed by atoms with Crippen LogP contribution in [-0.4, -0.2) is 37.4 Å². The molecule has 0 aliphatic carbocycles. The van der Waals surface area contributed by atoms with Crippen LogP contribution in [0.5, 0.6) is 5.75 Å². The first-order valence-electron chi connectivity index (χ1n) is 16.2. The average molecular weight is 553 g/mol. The van der Waals surface area contributed by atoms with Gasteiger partial charge < -0.3 is 14.0 Å². The summed E-state index contributed by atoms with van der Waals surface area (Å²) in [6, 6.07) is 18.7. The van der Waals surface area contributed by atoms with Crippen molar-refractivity contribution in [1.82, 2.24) is 0 Å². The number of hydrogen-bond donors (Lipinski definition) is 0. The molecule has 0 aliphatic heterocycles. The van der Waals surface area contributed by atoms with E-state index in [0.717, 1.165) is 36.2 Å². The van der Waals surface area contributed by atoms with Crippen LogP contribution in [0.3, 0.4) is 0 Å². The summed E-state index contributed by atoms with van der Waals surface area (Å²) in [7, 11) is 4.31. The number of aryl methyl sites for hydroxylation is 1. The molecule has 4 nitrogen and oxygen atoms in total. The van der Waals surface area contributed by atoms with Crippen LogP contribution in [0.25, 0.3) is 0 Å². The minimum Gasteiger partial charge on any atom is -0.455 e. The molecule has 0 spiro atoms. The normalized spacial score (nSPS) is 12.3. The Morgan fingerprint density at radius 3 is 1.95 bits per heavy atom. The van der Waals surface area contributed by atoms with Crippen molar-refractivity contribution >= 4 is 5.97 Å². The number of quaternary nitrogens is 1. The summed E-state index contributed by atoms with van der Waals surface area (Å²) in [6.07, 6.45) is 18.9. The molecule has 0 N–H and O–H groups in total. The zero-order chi connectivity index (χ0) is 28.9. The summed E-state index contributed by atoms with van der Waals surface area (Å²) in [4.78, 5) is 12.7. The molecule has 2 aromatic carbocycles. The molecule has 0 saturated heterocycles. The van der Waals surface area contributed by atoms with Crippen molar-refractivity contribution in [3.63, 3.8) is 0 Å². The fraction of sp³-hybridized carbons (Fsp3) is 0.639. The summed E-state index contributed by atoms with van der Waals surface area (Å²) >= 11 is 0. The fourth-order valence-corrected chi connectivity index (χ4v) is 5.23. The second-order valence-corrected chi connectivity index (χ2v) is 12.2. The monoisotopic (exact) mass is 552 g/mol. The first kappa shape index (κ1) is 33.9. The number of esters is 1. The van der Waals surface area contributed by atoms with E-state index >= 15 is 0 Å². The highest BCUT2D eigenvalue weighted by Crippen LogP contribution is 2.20. The molecule has 0 amide bonds. The quantitative estimate of drug-likeness (QED) is 0.0596. The molecule has 0 heterocycles. The number of unbranched alkanes of at least 4 members (excludes halogenated alkanes) is 11. The Hall–Kier alpha value is -2.33. The number of hydrogen-bond acceptors (Lipinski definition) is 3. The summed E-state index contributed by atoms with van der Waals surface area (Å²) in [5, 5.41) is 0. The summed E-state index contributed by atoms with van der Waals surface area (Å²) in [5.41, 5.74) is 2.57. The summed E-state index contributed by atoms with van der Waals surface area (Å²) in [6.45, 7) is 5.98. The second kappa shape index (κ2) is 20.5. The van der Waals surface area contributed by atoms with Crippen molar-refractivity contribution in [2.45, 2.75) is 129 Å². The molecule has 40 heavy (non-hydrogen) atoms. The van der Waals surface area contributed by atoms with Gasteiger partial charge in [-0.1, -0.05) is 127 Å². The van der Waals surface area contributed by atoms with Gasteiger partial charge in [0.2, 0.25) is 6.29 Å². The zero-order valence-electron chi connectivity index (χ0n) is 26.2. The third kappa shape index (κ3) is 16.1. The largest absolute Gasteiger partial charge is 0.455 e. The van der Waals surface area contributed by atoms with E-state index in [0.29, 0.717) is 12.8 Å².